The molecule has 0 saturated heterocycles. The van der Waals surface area contributed by atoms with Crippen LogP contribution in [0.5, 0.6) is 0 Å². The van der Waals surface area contributed by atoms with E-state index in [1.54, 1.807) is 12.3 Å². The number of rotatable bonds is 7. The van der Waals surface area contributed by atoms with Gasteiger partial charge in [-0.25, -0.2) is 4.98 Å². The van der Waals surface area contributed by atoms with Crippen LogP contribution in [-0.2, 0) is 9.53 Å². The first kappa shape index (κ1) is 14.6. The van der Waals surface area contributed by atoms with Gasteiger partial charge in [-0.1, -0.05) is 5.16 Å². The fraction of sp³-hybridized carbons (Fsp3) is 0.545. The number of carbonyl (C=O) groups is 1. The highest BCUT2D eigenvalue weighted by Crippen LogP contribution is 2.16. The molecule has 1 aromatic heterocycles. The number of amides is 1. The van der Waals surface area contributed by atoms with Gasteiger partial charge in [-0.05, 0) is 20.3 Å². The van der Waals surface area contributed by atoms with Crippen molar-refractivity contribution in [2.75, 3.05) is 18.5 Å². The largest absolute Gasteiger partial charge is 0.411 e. The van der Waals surface area contributed by atoms with Gasteiger partial charge < -0.3 is 15.3 Å². The lowest BCUT2D eigenvalue weighted by molar-refractivity contribution is -0.116. The van der Waals surface area contributed by atoms with Crippen molar-refractivity contribution in [3.63, 3.8) is 0 Å². The van der Waals surface area contributed by atoms with E-state index in [-0.39, 0.29) is 5.91 Å². The van der Waals surface area contributed by atoms with Crippen LogP contribution in [0.3, 0.4) is 0 Å². The minimum absolute atomic E-state index is 0.0887. The minimum Gasteiger partial charge on any atom is -0.411 e. The van der Waals surface area contributed by atoms with Crippen LogP contribution in [0.4, 0.5) is 5.13 Å². The predicted molar refractivity (Wildman–Crippen MR) is 70.5 cm³/mol. The Bertz CT molecular complexity index is 417. The van der Waals surface area contributed by atoms with Crippen molar-refractivity contribution in [1.29, 1.82) is 0 Å². The lowest BCUT2D eigenvalue weighted by Gasteiger charge is -2.01. The van der Waals surface area contributed by atoms with E-state index < -0.39 is 0 Å². The maximum Gasteiger partial charge on any atom is 0.226 e. The Labute approximate surface area is 110 Å². The summed E-state index contributed by atoms with van der Waals surface area (Å²) in [6, 6.07) is 0. The van der Waals surface area contributed by atoms with Crippen molar-refractivity contribution < 1.29 is 14.7 Å². The van der Waals surface area contributed by atoms with E-state index in [2.05, 4.69) is 15.5 Å². The van der Waals surface area contributed by atoms with Crippen molar-refractivity contribution in [3.8, 4) is 0 Å². The smallest absolute Gasteiger partial charge is 0.226 e. The van der Waals surface area contributed by atoms with Crippen molar-refractivity contribution >= 4 is 28.1 Å². The van der Waals surface area contributed by atoms with E-state index >= 15 is 0 Å². The summed E-state index contributed by atoms with van der Waals surface area (Å²) in [5, 5.41) is 16.6. The highest BCUT2D eigenvalue weighted by molar-refractivity contribution is 7.14. The molecule has 100 valence electrons. The van der Waals surface area contributed by atoms with Gasteiger partial charge in [0.2, 0.25) is 5.91 Å². The van der Waals surface area contributed by atoms with Gasteiger partial charge in [0.25, 0.3) is 0 Å². The molecule has 2 N–H and O–H groups in total. The van der Waals surface area contributed by atoms with Gasteiger partial charge in [0, 0.05) is 25.0 Å². The highest BCUT2D eigenvalue weighted by Gasteiger charge is 2.08. The first-order valence-corrected chi connectivity index (χ1v) is 6.57. The molecule has 1 aromatic rings. The molecule has 0 aromatic carbocycles. The van der Waals surface area contributed by atoms with E-state index in [4.69, 9.17) is 9.94 Å². The molecule has 1 rings (SSSR count). The number of nitrogens with one attached hydrogen (secondary N) is 1. The third kappa shape index (κ3) is 4.80. The number of anilines is 1. The van der Waals surface area contributed by atoms with Crippen LogP contribution in [0.2, 0.25) is 0 Å². The summed E-state index contributed by atoms with van der Waals surface area (Å²) < 4.78 is 5.15. The normalized spacial score (nSPS) is 11.6. The highest BCUT2D eigenvalue weighted by atomic mass is 32.1. The van der Waals surface area contributed by atoms with Crippen LogP contribution in [0.15, 0.2) is 10.5 Å². The third-order valence-electron chi connectivity index (χ3n) is 2.17. The standard InChI is InChI=1S/C11H17N3O3S/c1-3-17-6-4-5-10(15)13-11-12-9(7-18-11)8(2)14-16/h7,16H,3-6H2,1-2H3,(H,12,13,15). The zero-order chi connectivity index (χ0) is 13.4. The number of thiazole rings is 1. The molecule has 0 aliphatic rings. The molecular weight excluding hydrogens is 254 g/mol. The van der Waals surface area contributed by atoms with Crippen molar-refractivity contribution in [2.24, 2.45) is 5.16 Å². The van der Waals surface area contributed by atoms with Crippen molar-refractivity contribution in [2.45, 2.75) is 26.7 Å². The van der Waals surface area contributed by atoms with E-state index in [9.17, 15) is 4.79 Å². The molecule has 1 heterocycles. The summed E-state index contributed by atoms with van der Waals surface area (Å²) in [6.07, 6.45) is 1.09. The Kier molecular flexibility index (Phi) is 6.31. The molecule has 6 nitrogen and oxygen atoms in total. The number of aromatic nitrogens is 1. The molecule has 0 spiro atoms. The predicted octanol–water partition coefficient (Wildman–Crippen LogP) is 2.10. The molecule has 0 atom stereocenters. The average molecular weight is 271 g/mol. The number of nitrogens with zero attached hydrogens (tertiary/aromatic N) is 2. The van der Waals surface area contributed by atoms with Crippen molar-refractivity contribution in [1.82, 2.24) is 4.98 Å². The van der Waals surface area contributed by atoms with Crippen LogP contribution >= 0.6 is 11.3 Å². The fourth-order valence-corrected chi connectivity index (χ4v) is 1.98. The monoisotopic (exact) mass is 271 g/mol. The van der Waals surface area contributed by atoms with E-state index in [1.807, 2.05) is 6.92 Å². The molecule has 0 unspecified atom stereocenters. The second kappa shape index (κ2) is 7.78. The van der Waals surface area contributed by atoms with E-state index in [0.717, 1.165) is 0 Å². The number of hydrogen-bond acceptors (Lipinski definition) is 6. The van der Waals surface area contributed by atoms with Crippen LogP contribution in [-0.4, -0.2) is 35.0 Å². The second-order valence-corrected chi connectivity index (χ2v) is 4.43. The third-order valence-corrected chi connectivity index (χ3v) is 2.93. The number of carbonyl (C=O) groups excluding carboxylic acids is 1. The summed E-state index contributed by atoms with van der Waals surface area (Å²) in [7, 11) is 0. The molecule has 18 heavy (non-hydrogen) atoms. The van der Waals surface area contributed by atoms with Crippen LogP contribution in [0.25, 0.3) is 0 Å². The number of ether oxygens (including phenoxy) is 1. The molecule has 0 radical (unpaired) electrons. The van der Waals surface area contributed by atoms with Gasteiger partial charge >= 0.3 is 0 Å². The topological polar surface area (TPSA) is 83.8 Å². The SMILES string of the molecule is CCOCCCC(=O)Nc1nc(C(C)=NO)cs1. The zero-order valence-corrected chi connectivity index (χ0v) is 11.3. The summed E-state index contributed by atoms with van der Waals surface area (Å²) in [5.74, 6) is -0.0887. The Hall–Kier alpha value is -1.47. The lowest BCUT2D eigenvalue weighted by Crippen LogP contribution is -2.12. The first-order chi connectivity index (χ1) is 8.67. The van der Waals surface area contributed by atoms with Gasteiger partial charge in [0.05, 0.1) is 0 Å². The lowest BCUT2D eigenvalue weighted by atomic mass is 10.3. The Morgan fingerprint density at radius 1 is 1.67 bits per heavy atom. The summed E-state index contributed by atoms with van der Waals surface area (Å²) in [4.78, 5) is 15.7. The quantitative estimate of drug-likeness (QED) is 0.344. The minimum atomic E-state index is -0.0887. The van der Waals surface area contributed by atoms with Gasteiger partial charge in [-0.15, -0.1) is 11.3 Å². The summed E-state index contributed by atoms with van der Waals surface area (Å²) >= 11 is 1.30. The van der Waals surface area contributed by atoms with Gasteiger partial charge in [0.1, 0.15) is 11.4 Å². The van der Waals surface area contributed by atoms with Gasteiger partial charge in [-0.2, -0.15) is 0 Å². The Morgan fingerprint density at radius 2 is 2.44 bits per heavy atom. The average Bonchev–Trinajstić information content (AvgIpc) is 2.82. The zero-order valence-electron chi connectivity index (χ0n) is 10.5. The molecule has 0 saturated carbocycles. The number of hydrogen-bond donors (Lipinski definition) is 2. The summed E-state index contributed by atoms with van der Waals surface area (Å²) in [5.41, 5.74) is 0.982. The Balaban J connectivity index is 2.38. The first-order valence-electron chi connectivity index (χ1n) is 5.69. The second-order valence-electron chi connectivity index (χ2n) is 3.57. The fourth-order valence-electron chi connectivity index (χ4n) is 1.21. The van der Waals surface area contributed by atoms with E-state index in [0.29, 0.717) is 42.6 Å². The van der Waals surface area contributed by atoms with Crippen LogP contribution in [0, 0.1) is 0 Å². The summed E-state index contributed by atoms with van der Waals surface area (Å²) in [6.45, 7) is 4.81. The molecule has 1 amide bonds. The van der Waals surface area contributed by atoms with Gasteiger partial charge in [0.15, 0.2) is 5.13 Å². The van der Waals surface area contributed by atoms with Crippen LogP contribution in [0.1, 0.15) is 32.4 Å². The molecule has 0 fully saturated rings. The number of oxime groups is 1. The van der Waals surface area contributed by atoms with Crippen molar-refractivity contribution in [3.05, 3.63) is 11.1 Å². The maximum absolute atomic E-state index is 11.5. The molecule has 7 heteroatoms. The van der Waals surface area contributed by atoms with E-state index in [1.165, 1.54) is 11.3 Å². The Morgan fingerprint density at radius 3 is 3.11 bits per heavy atom. The van der Waals surface area contributed by atoms with Gasteiger partial charge in [-0.3, -0.25) is 4.79 Å². The molecule has 0 aliphatic carbocycles. The maximum atomic E-state index is 11.5. The molecular formula is C11H17N3O3S. The molecule has 0 bridgehead atoms. The van der Waals surface area contributed by atoms with Crippen LogP contribution < -0.4 is 5.32 Å². The molecule has 0 aliphatic heterocycles.